The third-order valence-corrected chi connectivity index (χ3v) is 7.00. The van der Waals surface area contributed by atoms with Gasteiger partial charge in [0.25, 0.3) is 0 Å². The highest BCUT2D eigenvalue weighted by atomic mass is 16.5. The quantitative estimate of drug-likeness (QED) is 0.410. The number of fused-ring (bicyclic) bond motifs is 4. The van der Waals surface area contributed by atoms with Crippen molar-refractivity contribution in [3.8, 4) is 22.9 Å². The molecule has 4 aromatic rings. The van der Waals surface area contributed by atoms with Gasteiger partial charge in [0.15, 0.2) is 0 Å². The zero-order valence-corrected chi connectivity index (χ0v) is 23.0. The predicted octanol–water partition coefficient (Wildman–Crippen LogP) is 4.02. The minimum Gasteiger partial charge on any atom is -0.476 e. The molecule has 0 saturated carbocycles. The smallest absolute Gasteiger partial charge is 0.240 e. The van der Waals surface area contributed by atoms with Crippen LogP contribution in [-0.4, -0.2) is 71.7 Å². The molecule has 0 spiro atoms. The summed E-state index contributed by atoms with van der Waals surface area (Å²) in [6, 6.07) is 6.48. The van der Waals surface area contributed by atoms with Crippen LogP contribution in [0.15, 0.2) is 18.2 Å². The number of nitrogens with zero attached hydrogens (tertiary/aromatic N) is 6. The number of aryl methyl sites for hydroxylation is 2. The Kier molecular flexibility index (Phi) is 7.27. The van der Waals surface area contributed by atoms with E-state index in [0.29, 0.717) is 32.1 Å². The normalized spacial score (nSPS) is 17.2. The summed E-state index contributed by atoms with van der Waals surface area (Å²) in [5.74, 6) is 1.31. The first-order chi connectivity index (χ1) is 18.3. The van der Waals surface area contributed by atoms with Crippen molar-refractivity contribution in [1.82, 2.24) is 34.7 Å². The summed E-state index contributed by atoms with van der Waals surface area (Å²) in [7, 11) is 1.92. The second-order valence-electron chi connectivity index (χ2n) is 10.1. The molecule has 2 N–H and O–H groups in total. The fourth-order valence-electron chi connectivity index (χ4n) is 5.14. The van der Waals surface area contributed by atoms with Crippen molar-refractivity contribution in [2.75, 3.05) is 19.8 Å². The van der Waals surface area contributed by atoms with E-state index in [9.17, 15) is 5.11 Å². The van der Waals surface area contributed by atoms with Crippen molar-refractivity contribution in [2.24, 2.45) is 7.05 Å². The maximum atomic E-state index is 9.78. The van der Waals surface area contributed by atoms with Crippen molar-refractivity contribution >= 4 is 23.1 Å². The number of H-pyrrole nitrogens is 1. The molecule has 0 unspecified atom stereocenters. The molecule has 1 aromatic carbocycles. The molecule has 10 nitrogen and oxygen atoms in total. The summed E-state index contributed by atoms with van der Waals surface area (Å²) >= 11 is 0. The van der Waals surface area contributed by atoms with E-state index >= 15 is 0 Å². The Hall–Kier alpha value is -3.63. The second kappa shape index (κ2) is 10.6. The van der Waals surface area contributed by atoms with Gasteiger partial charge < -0.3 is 14.6 Å². The third kappa shape index (κ3) is 4.81. The van der Waals surface area contributed by atoms with Crippen LogP contribution in [0, 0.1) is 6.92 Å². The third-order valence-electron chi connectivity index (χ3n) is 7.00. The molecular weight excluding hydrogens is 482 g/mol. The zero-order chi connectivity index (χ0) is 27.0. The van der Waals surface area contributed by atoms with Crippen LogP contribution in [0.25, 0.3) is 34.2 Å². The second-order valence-corrected chi connectivity index (χ2v) is 10.1. The molecule has 1 atom stereocenters. The lowest BCUT2D eigenvalue weighted by atomic mass is 10.0. The Morgan fingerprint density at radius 1 is 1.24 bits per heavy atom. The number of nitrogens with one attached hydrogen (secondary N) is 1. The van der Waals surface area contributed by atoms with Crippen LogP contribution in [0.3, 0.4) is 0 Å². The van der Waals surface area contributed by atoms with Crippen molar-refractivity contribution in [1.29, 1.82) is 0 Å². The number of rotatable bonds is 5. The number of aromatic amines is 1. The van der Waals surface area contributed by atoms with E-state index in [1.165, 1.54) is 0 Å². The number of aliphatic hydroxyl groups excluding tert-OH is 1. The fraction of sp³-hybridized carbons (Fsp3) is 0.464. The lowest BCUT2D eigenvalue weighted by Gasteiger charge is -2.30. The molecule has 202 valence electrons. The SMILES string of the molecule is CCOc1nn(CCO)c2c1/C=C/c1[nH]nc3ccc(cc13)-c1c(C)nn(C)c1O[C@@H](C)CN(C(C)C)C2. The lowest BCUT2D eigenvalue weighted by molar-refractivity contribution is 0.109. The first-order valence-corrected chi connectivity index (χ1v) is 13.2. The molecule has 1 aliphatic heterocycles. The molecule has 0 saturated heterocycles. The van der Waals surface area contributed by atoms with Crippen LogP contribution in [-0.2, 0) is 20.1 Å². The summed E-state index contributed by atoms with van der Waals surface area (Å²) in [6.45, 7) is 12.6. The number of benzene rings is 1. The summed E-state index contributed by atoms with van der Waals surface area (Å²) in [5.41, 5.74) is 6.58. The number of aliphatic hydroxyl groups is 1. The van der Waals surface area contributed by atoms with Crippen molar-refractivity contribution in [3.05, 3.63) is 40.8 Å². The highest BCUT2D eigenvalue weighted by Crippen LogP contribution is 2.36. The first kappa shape index (κ1) is 26.0. The van der Waals surface area contributed by atoms with Crippen LogP contribution >= 0.6 is 0 Å². The highest BCUT2D eigenvalue weighted by molar-refractivity contribution is 5.93. The molecule has 4 heterocycles. The van der Waals surface area contributed by atoms with E-state index in [1.807, 2.05) is 48.5 Å². The van der Waals surface area contributed by atoms with Gasteiger partial charge in [-0.25, -0.2) is 4.68 Å². The van der Waals surface area contributed by atoms with E-state index in [0.717, 1.165) is 50.6 Å². The molecule has 38 heavy (non-hydrogen) atoms. The van der Waals surface area contributed by atoms with Crippen LogP contribution in [0.5, 0.6) is 11.8 Å². The molecule has 10 heteroatoms. The van der Waals surface area contributed by atoms with Gasteiger partial charge in [0.2, 0.25) is 11.8 Å². The van der Waals surface area contributed by atoms with Gasteiger partial charge in [-0.2, -0.15) is 10.2 Å². The minimum atomic E-state index is -0.108. The topological polar surface area (TPSA) is 106 Å². The average Bonchev–Trinajstić information content (AvgIpc) is 3.50. The minimum absolute atomic E-state index is 0.0127. The monoisotopic (exact) mass is 519 g/mol. The van der Waals surface area contributed by atoms with Gasteiger partial charge in [0.05, 0.1) is 53.5 Å². The number of hydrogen-bond acceptors (Lipinski definition) is 7. The average molecular weight is 520 g/mol. The van der Waals surface area contributed by atoms with Gasteiger partial charge in [0, 0.05) is 31.6 Å². The first-order valence-electron chi connectivity index (χ1n) is 13.2. The Bertz CT molecular complexity index is 1460. The Balaban J connectivity index is 1.73. The van der Waals surface area contributed by atoms with Gasteiger partial charge in [-0.3, -0.25) is 14.7 Å². The summed E-state index contributed by atoms with van der Waals surface area (Å²) in [4.78, 5) is 2.36. The van der Waals surface area contributed by atoms with Gasteiger partial charge in [-0.1, -0.05) is 6.07 Å². The van der Waals surface area contributed by atoms with Gasteiger partial charge >= 0.3 is 0 Å². The van der Waals surface area contributed by atoms with Crippen molar-refractivity contribution < 1.29 is 14.6 Å². The molecule has 5 rings (SSSR count). The predicted molar refractivity (Wildman–Crippen MR) is 148 cm³/mol. The Morgan fingerprint density at radius 2 is 2.05 bits per heavy atom. The van der Waals surface area contributed by atoms with Crippen LogP contribution in [0.2, 0.25) is 0 Å². The van der Waals surface area contributed by atoms with E-state index in [-0.39, 0.29) is 18.8 Å². The lowest BCUT2D eigenvalue weighted by Crippen LogP contribution is -2.39. The van der Waals surface area contributed by atoms with Crippen LogP contribution < -0.4 is 9.47 Å². The molecule has 0 fully saturated rings. The number of hydrogen-bond donors (Lipinski definition) is 2. The number of aromatic nitrogens is 6. The summed E-state index contributed by atoms with van der Waals surface area (Å²) in [5, 5.41) is 27.9. The van der Waals surface area contributed by atoms with E-state index in [1.54, 1.807) is 0 Å². The molecule has 0 radical (unpaired) electrons. The largest absolute Gasteiger partial charge is 0.476 e. The molecule has 2 bridgehead atoms. The Morgan fingerprint density at radius 3 is 2.79 bits per heavy atom. The molecule has 0 amide bonds. The zero-order valence-electron chi connectivity index (χ0n) is 23.0. The highest BCUT2D eigenvalue weighted by Gasteiger charge is 2.25. The Labute approximate surface area is 222 Å². The summed E-state index contributed by atoms with van der Waals surface area (Å²) < 4.78 is 16.2. The molecule has 0 aliphatic carbocycles. The van der Waals surface area contributed by atoms with E-state index in [2.05, 4.69) is 53.1 Å². The van der Waals surface area contributed by atoms with Crippen molar-refractivity contribution in [3.63, 3.8) is 0 Å². The maximum absolute atomic E-state index is 9.78. The van der Waals surface area contributed by atoms with Crippen LogP contribution in [0.1, 0.15) is 50.3 Å². The molecular formula is C28H37N7O3. The molecule has 1 aliphatic rings. The van der Waals surface area contributed by atoms with Gasteiger partial charge in [-0.15, -0.1) is 5.10 Å². The maximum Gasteiger partial charge on any atom is 0.240 e. The van der Waals surface area contributed by atoms with E-state index < -0.39 is 0 Å². The van der Waals surface area contributed by atoms with Crippen LogP contribution in [0.4, 0.5) is 0 Å². The van der Waals surface area contributed by atoms with E-state index in [4.69, 9.17) is 14.6 Å². The molecule has 3 aromatic heterocycles. The van der Waals surface area contributed by atoms with Crippen molar-refractivity contribution in [2.45, 2.75) is 59.9 Å². The summed E-state index contributed by atoms with van der Waals surface area (Å²) in [6.07, 6.45) is 3.96. The number of ether oxygens (including phenoxy) is 2. The van der Waals surface area contributed by atoms with Gasteiger partial charge in [0.1, 0.15) is 6.10 Å². The standard InChI is InChI=1S/C28H37N7O3/c1-7-37-27-21-9-11-24-22-14-20(8-10-23(22)29-30-24)26-19(5)31-33(6)28(26)38-18(4)15-34(17(2)3)16-25(21)35(32-27)12-13-36/h8-11,14,17-18,36H,7,12-13,15-16H2,1-6H3,(H,29,30)/b11-9+/t18-/m0/s1. The fourth-order valence-corrected chi connectivity index (χ4v) is 5.14. The van der Waals surface area contributed by atoms with Gasteiger partial charge in [-0.05, 0) is 64.5 Å².